The van der Waals surface area contributed by atoms with Crippen molar-refractivity contribution in [3.63, 3.8) is 0 Å². The van der Waals surface area contributed by atoms with Crippen LogP contribution in [0.4, 0.5) is 5.82 Å². The Morgan fingerprint density at radius 2 is 2.11 bits per heavy atom. The average molecular weight is 258 g/mol. The van der Waals surface area contributed by atoms with E-state index in [1.807, 2.05) is 10.9 Å². The van der Waals surface area contributed by atoms with E-state index >= 15 is 0 Å². The minimum absolute atomic E-state index is 0.646. The predicted molar refractivity (Wildman–Crippen MR) is 76.1 cm³/mol. The molecule has 0 saturated carbocycles. The molecule has 0 saturated heterocycles. The monoisotopic (exact) mass is 258 g/mol. The SMILES string of the molecule is Cc1ccc(-n2ncc3c2NC(=S)NC3)cc1C. The summed E-state index contributed by atoms with van der Waals surface area (Å²) in [4.78, 5) is 0. The van der Waals surface area contributed by atoms with Crippen LogP contribution in [0.2, 0.25) is 0 Å². The highest BCUT2D eigenvalue weighted by Crippen LogP contribution is 2.23. The number of hydrogen-bond acceptors (Lipinski definition) is 2. The van der Waals surface area contributed by atoms with Gasteiger partial charge >= 0.3 is 0 Å². The van der Waals surface area contributed by atoms with Gasteiger partial charge in [-0.25, -0.2) is 4.68 Å². The van der Waals surface area contributed by atoms with Crippen molar-refractivity contribution in [1.29, 1.82) is 0 Å². The molecule has 2 N–H and O–H groups in total. The van der Waals surface area contributed by atoms with E-state index in [9.17, 15) is 0 Å². The van der Waals surface area contributed by atoms with E-state index in [1.165, 1.54) is 11.1 Å². The van der Waals surface area contributed by atoms with Gasteiger partial charge in [-0.05, 0) is 49.3 Å². The van der Waals surface area contributed by atoms with Crippen LogP contribution in [0, 0.1) is 13.8 Å². The normalized spacial score (nSPS) is 13.8. The second-order valence-electron chi connectivity index (χ2n) is 4.51. The standard InChI is InChI=1S/C13H14N4S/c1-8-3-4-11(5-9(8)2)17-12-10(7-15-17)6-14-13(18)16-12/h3-5,7H,6H2,1-2H3,(H2,14,16,18). The van der Waals surface area contributed by atoms with Crippen LogP contribution in [0.15, 0.2) is 24.4 Å². The Morgan fingerprint density at radius 3 is 2.89 bits per heavy atom. The molecule has 4 nitrogen and oxygen atoms in total. The first-order valence-corrected chi connectivity index (χ1v) is 6.25. The molecule has 0 atom stereocenters. The first-order valence-electron chi connectivity index (χ1n) is 5.84. The molecule has 2 aromatic rings. The third kappa shape index (κ3) is 1.76. The van der Waals surface area contributed by atoms with Crippen molar-refractivity contribution >= 4 is 23.1 Å². The molecule has 18 heavy (non-hydrogen) atoms. The van der Waals surface area contributed by atoms with Crippen molar-refractivity contribution in [2.75, 3.05) is 5.32 Å². The van der Waals surface area contributed by atoms with Gasteiger partial charge in [0.15, 0.2) is 5.11 Å². The van der Waals surface area contributed by atoms with Gasteiger partial charge in [0, 0.05) is 12.1 Å². The topological polar surface area (TPSA) is 41.9 Å². The van der Waals surface area contributed by atoms with Crippen LogP contribution in [0.5, 0.6) is 0 Å². The number of thiocarbonyl (C=S) groups is 1. The summed E-state index contributed by atoms with van der Waals surface area (Å²) in [7, 11) is 0. The van der Waals surface area contributed by atoms with Gasteiger partial charge in [-0.15, -0.1) is 0 Å². The Morgan fingerprint density at radius 1 is 1.28 bits per heavy atom. The molecule has 0 radical (unpaired) electrons. The average Bonchev–Trinajstić information content (AvgIpc) is 2.75. The fourth-order valence-corrected chi connectivity index (χ4v) is 2.19. The Bertz CT molecular complexity index is 630. The summed E-state index contributed by atoms with van der Waals surface area (Å²) in [5.41, 5.74) is 4.72. The minimum atomic E-state index is 0.646. The van der Waals surface area contributed by atoms with Crippen LogP contribution in [-0.2, 0) is 6.54 Å². The maximum Gasteiger partial charge on any atom is 0.172 e. The van der Waals surface area contributed by atoms with E-state index in [-0.39, 0.29) is 0 Å². The number of aryl methyl sites for hydroxylation is 2. The Labute approximate surface area is 111 Å². The van der Waals surface area contributed by atoms with E-state index in [1.54, 1.807) is 0 Å². The van der Waals surface area contributed by atoms with Crippen molar-refractivity contribution < 1.29 is 0 Å². The number of fused-ring (bicyclic) bond motifs is 1. The van der Waals surface area contributed by atoms with E-state index in [0.717, 1.165) is 23.6 Å². The maximum absolute atomic E-state index is 5.14. The lowest BCUT2D eigenvalue weighted by Gasteiger charge is -2.19. The number of rotatable bonds is 1. The molecule has 5 heteroatoms. The third-order valence-corrected chi connectivity index (χ3v) is 3.50. The van der Waals surface area contributed by atoms with Crippen LogP contribution in [0.1, 0.15) is 16.7 Å². The molecule has 0 bridgehead atoms. The molecule has 0 spiro atoms. The summed E-state index contributed by atoms with van der Waals surface area (Å²) < 4.78 is 1.90. The van der Waals surface area contributed by atoms with Gasteiger partial charge in [-0.1, -0.05) is 6.07 Å². The summed E-state index contributed by atoms with van der Waals surface area (Å²) in [6, 6.07) is 6.32. The highest BCUT2D eigenvalue weighted by molar-refractivity contribution is 7.80. The highest BCUT2D eigenvalue weighted by atomic mass is 32.1. The third-order valence-electron chi connectivity index (χ3n) is 3.25. The zero-order chi connectivity index (χ0) is 12.7. The predicted octanol–water partition coefficient (Wildman–Crippen LogP) is 2.29. The van der Waals surface area contributed by atoms with Gasteiger partial charge < -0.3 is 10.6 Å². The van der Waals surface area contributed by atoms with Crippen LogP contribution < -0.4 is 10.6 Å². The number of hydrogen-bond donors (Lipinski definition) is 2. The molecule has 1 aliphatic heterocycles. The van der Waals surface area contributed by atoms with Gasteiger partial charge in [0.05, 0.1) is 11.9 Å². The minimum Gasteiger partial charge on any atom is -0.358 e. The van der Waals surface area contributed by atoms with Gasteiger partial charge in [-0.3, -0.25) is 0 Å². The van der Waals surface area contributed by atoms with Gasteiger partial charge in [0.2, 0.25) is 0 Å². The van der Waals surface area contributed by atoms with E-state index in [0.29, 0.717) is 5.11 Å². The molecule has 0 unspecified atom stereocenters. The van der Waals surface area contributed by atoms with E-state index in [4.69, 9.17) is 12.2 Å². The lowest BCUT2D eigenvalue weighted by Crippen LogP contribution is -2.33. The molecule has 1 aliphatic rings. The largest absolute Gasteiger partial charge is 0.358 e. The Hall–Kier alpha value is -1.88. The van der Waals surface area contributed by atoms with Crippen molar-refractivity contribution in [2.24, 2.45) is 0 Å². The molecule has 0 fully saturated rings. The lowest BCUT2D eigenvalue weighted by molar-refractivity contribution is 0.870. The van der Waals surface area contributed by atoms with Gasteiger partial charge in [-0.2, -0.15) is 5.10 Å². The van der Waals surface area contributed by atoms with Crippen LogP contribution in [0.3, 0.4) is 0 Å². The zero-order valence-electron chi connectivity index (χ0n) is 10.3. The second kappa shape index (κ2) is 4.10. The van der Waals surface area contributed by atoms with Crippen LogP contribution in [0.25, 0.3) is 5.69 Å². The Balaban J connectivity index is 2.09. The lowest BCUT2D eigenvalue weighted by atomic mass is 10.1. The fourth-order valence-electron chi connectivity index (χ4n) is 2.03. The molecule has 0 aliphatic carbocycles. The van der Waals surface area contributed by atoms with Gasteiger partial charge in [0.1, 0.15) is 5.82 Å². The molecule has 1 aromatic carbocycles. The molecule has 92 valence electrons. The first kappa shape index (κ1) is 11.2. The second-order valence-corrected chi connectivity index (χ2v) is 4.91. The summed E-state index contributed by atoms with van der Waals surface area (Å²) >= 11 is 5.14. The van der Waals surface area contributed by atoms with Crippen LogP contribution >= 0.6 is 12.2 Å². The highest BCUT2D eigenvalue weighted by Gasteiger charge is 2.17. The van der Waals surface area contributed by atoms with Crippen molar-refractivity contribution in [3.05, 3.63) is 41.1 Å². The van der Waals surface area contributed by atoms with Crippen molar-refractivity contribution in [2.45, 2.75) is 20.4 Å². The number of nitrogens with one attached hydrogen (secondary N) is 2. The van der Waals surface area contributed by atoms with Crippen molar-refractivity contribution in [3.8, 4) is 5.69 Å². The molecule has 2 heterocycles. The fraction of sp³-hybridized carbons (Fsp3) is 0.231. The summed E-state index contributed by atoms with van der Waals surface area (Å²) in [5.74, 6) is 0.960. The number of nitrogens with zero attached hydrogens (tertiary/aromatic N) is 2. The molecule has 3 rings (SSSR count). The molecule has 0 amide bonds. The van der Waals surface area contributed by atoms with E-state index in [2.05, 4.69) is 47.8 Å². The quantitative estimate of drug-likeness (QED) is 0.770. The van der Waals surface area contributed by atoms with Crippen LogP contribution in [-0.4, -0.2) is 14.9 Å². The Kier molecular flexibility index (Phi) is 2.56. The van der Waals surface area contributed by atoms with Gasteiger partial charge in [0.25, 0.3) is 0 Å². The zero-order valence-corrected chi connectivity index (χ0v) is 11.1. The number of benzene rings is 1. The molecule has 1 aromatic heterocycles. The smallest absolute Gasteiger partial charge is 0.172 e. The maximum atomic E-state index is 5.14. The first-order chi connectivity index (χ1) is 8.65. The number of anilines is 1. The molecular weight excluding hydrogens is 244 g/mol. The van der Waals surface area contributed by atoms with E-state index < -0.39 is 0 Å². The summed E-state index contributed by atoms with van der Waals surface area (Å²) in [5, 5.41) is 11.3. The summed E-state index contributed by atoms with van der Waals surface area (Å²) in [6.45, 7) is 4.94. The van der Waals surface area contributed by atoms with Crippen molar-refractivity contribution in [1.82, 2.24) is 15.1 Å². The number of aromatic nitrogens is 2. The molecular formula is C13H14N4S. The summed E-state index contributed by atoms with van der Waals surface area (Å²) in [6.07, 6.45) is 1.87.